The van der Waals surface area contributed by atoms with E-state index < -0.39 is 0 Å². The van der Waals surface area contributed by atoms with Crippen molar-refractivity contribution in [2.45, 2.75) is 12.5 Å². The van der Waals surface area contributed by atoms with Gasteiger partial charge in [0.2, 0.25) is 0 Å². The minimum Gasteiger partial charge on any atom is -0.495 e. The van der Waals surface area contributed by atoms with E-state index in [0.29, 0.717) is 11.6 Å². The van der Waals surface area contributed by atoms with Crippen molar-refractivity contribution in [2.75, 3.05) is 30.4 Å². The molecule has 0 amide bonds. The zero-order valence-corrected chi connectivity index (χ0v) is 12.5. The van der Waals surface area contributed by atoms with Gasteiger partial charge in [-0.3, -0.25) is 4.98 Å². The van der Waals surface area contributed by atoms with Gasteiger partial charge in [0.1, 0.15) is 11.8 Å². The number of hydrogen-bond acceptors (Lipinski definition) is 5. The molecular formula is C17H18N4O. The first-order chi connectivity index (χ1) is 10.8. The standard InChI is InChI=1S/C17H18N4O/c1-22-17-5-3-2-4-16(17)21-9-7-14(12-21)20-15-6-8-19-11-13(15)10-18/h2-6,8,11,14H,7,9,12H2,1H3,(H,19,20). The van der Waals surface area contributed by atoms with Crippen LogP contribution in [-0.2, 0) is 0 Å². The third-order valence-corrected chi connectivity index (χ3v) is 3.92. The zero-order chi connectivity index (χ0) is 15.4. The van der Waals surface area contributed by atoms with Crippen molar-refractivity contribution in [3.05, 3.63) is 48.3 Å². The fourth-order valence-corrected chi connectivity index (χ4v) is 2.82. The summed E-state index contributed by atoms with van der Waals surface area (Å²) in [5.41, 5.74) is 2.55. The Labute approximate surface area is 130 Å². The second kappa shape index (κ2) is 6.35. The fraction of sp³-hybridized carbons (Fsp3) is 0.294. The van der Waals surface area contributed by atoms with Crippen molar-refractivity contribution >= 4 is 11.4 Å². The molecule has 1 aromatic heterocycles. The molecular weight excluding hydrogens is 276 g/mol. The Morgan fingerprint density at radius 3 is 3.05 bits per heavy atom. The highest BCUT2D eigenvalue weighted by Crippen LogP contribution is 2.31. The second-order valence-electron chi connectivity index (χ2n) is 5.28. The Kier molecular flexibility index (Phi) is 4.10. The minimum atomic E-state index is 0.305. The third kappa shape index (κ3) is 2.82. The van der Waals surface area contributed by atoms with Gasteiger partial charge < -0.3 is 15.0 Å². The van der Waals surface area contributed by atoms with Gasteiger partial charge in [0.15, 0.2) is 0 Å². The number of benzene rings is 1. The molecule has 3 rings (SSSR count). The lowest BCUT2D eigenvalue weighted by atomic mass is 10.2. The average molecular weight is 294 g/mol. The topological polar surface area (TPSA) is 61.2 Å². The summed E-state index contributed by atoms with van der Waals surface area (Å²) in [4.78, 5) is 6.30. The van der Waals surface area contributed by atoms with Gasteiger partial charge in [0.05, 0.1) is 24.0 Å². The molecule has 22 heavy (non-hydrogen) atoms. The lowest BCUT2D eigenvalue weighted by Gasteiger charge is -2.21. The van der Waals surface area contributed by atoms with Crippen LogP contribution in [0.25, 0.3) is 0 Å². The van der Waals surface area contributed by atoms with Gasteiger partial charge in [0, 0.05) is 31.5 Å². The molecule has 5 nitrogen and oxygen atoms in total. The summed E-state index contributed by atoms with van der Waals surface area (Å²) in [6, 6.07) is 12.4. The van der Waals surface area contributed by atoms with E-state index in [2.05, 4.69) is 27.3 Å². The summed E-state index contributed by atoms with van der Waals surface area (Å²) in [6.45, 7) is 1.85. The maximum atomic E-state index is 9.13. The van der Waals surface area contributed by atoms with E-state index in [9.17, 15) is 0 Å². The van der Waals surface area contributed by atoms with Crippen LogP contribution < -0.4 is 15.0 Å². The van der Waals surface area contributed by atoms with Crippen LogP contribution in [0.3, 0.4) is 0 Å². The van der Waals surface area contributed by atoms with Crippen molar-refractivity contribution in [2.24, 2.45) is 0 Å². The van der Waals surface area contributed by atoms with Crippen LogP contribution in [0.15, 0.2) is 42.7 Å². The Balaban J connectivity index is 1.72. The molecule has 1 atom stereocenters. The van der Waals surface area contributed by atoms with Crippen molar-refractivity contribution in [3.63, 3.8) is 0 Å². The number of para-hydroxylation sites is 2. The molecule has 0 aliphatic carbocycles. The van der Waals surface area contributed by atoms with Gasteiger partial charge >= 0.3 is 0 Å². The highest BCUT2D eigenvalue weighted by molar-refractivity contribution is 5.61. The summed E-state index contributed by atoms with van der Waals surface area (Å²) in [7, 11) is 1.70. The number of nitrogens with zero attached hydrogens (tertiary/aromatic N) is 3. The second-order valence-corrected chi connectivity index (χ2v) is 5.28. The first-order valence-electron chi connectivity index (χ1n) is 7.30. The van der Waals surface area contributed by atoms with Gasteiger partial charge in [0.25, 0.3) is 0 Å². The largest absolute Gasteiger partial charge is 0.495 e. The molecule has 1 aliphatic heterocycles. The van der Waals surface area contributed by atoms with Crippen LogP contribution in [0.5, 0.6) is 5.75 Å². The lowest BCUT2D eigenvalue weighted by Crippen LogP contribution is -2.26. The Bertz CT molecular complexity index is 695. The third-order valence-electron chi connectivity index (χ3n) is 3.92. The van der Waals surface area contributed by atoms with Crippen molar-refractivity contribution in [1.29, 1.82) is 5.26 Å². The molecule has 1 fully saturated rings. The molecule has 1 unspecified atom stereocenters. The van der Waals surface area contributed by atoms with E-state index >= 15 is 0 Å². The van der Waals surface area contributed by atoms with Crippen LogP contribution >= 0.6 is 0 Å². The molecule has 1 saturated heterocycles. The zero-order valence-electron chi connectivity index (χ0n) is 12.5. The van der Waals surface area contributed by atoms with Gasteiger partial charge in [-0.1, -0.05) is 12.1 Å². The quantitative estimate of drug-likeness (QED) is 0.939. The fourth-order valence-electron chi connectivity index (χ4n) is 2.82. The first-order valence-corrected chi connectivity index (χ1v) is 7.30. The molecule has 0 bridgehead atoms. The number of nitrogens with one attached hydrogen (secondary N) is 1. The predicted molar refractivity (Wildman–Crippen MR) is 86.2 cm³/mol. The molecule has 0 spiro atoms. The monoisotopic (exact) mass is 294 g/mol. The number of anilines is 2. The number of pyridine rings is 1. The summed E-state index contributed by atoms with van der Waals surface area (Å²) in [6.07, 6.45) is 4.32. The summed E-state index contributed by atoms with van der Waals surface area (Å²) >= 11 is 0. The van der Waals surface area contributed by atoms with Crippen LogP contribution in [0.1, 0.15) is 12.0 Å². The molecule has 2 aromatic rings. The number of methoxy groups -OCH3 is 1. The number of hydrogen-bond donors (Lipinski definition) is 1. The minimum absolute atomic E-state index is 0.305. The number of rotatable bonds is 4. The summed E-state index contributed by atoms with van der Waals surface area (Å²) in [5, 5.41) is 12.6. The van der Waals surface area contributed by atoms with Gasteiger partial charge in [-0.25, -0.2) is 0 Å². The number of aromatic nitrogens is 1. The van der Waals surface area contributed by atoms with Crippen LogP contribution in [-0.4, -0.2) is 31.2 Å². The van der Waals surface area contributed by atoms with E-state index in [-0.39, 0.29) is 0 Å². The Morgan fingerprint density at radius 2 is 2.23 bits per heavy atom. The maximum Gasteiger partial charge on any atom is 0.142 e. The van der Waals surface area contributed by atoms with E-state index in [1.54, 1.807) is 19.5 Å². The SMILES string of the molecule is COc1ccccc1N1CCC(Nc2ccncc2C#N)C1. The van der Waals surface area contributed by atoms with E-state index in [0.717, 1.165) is 36.6 Å². The van der Waals surface area contributed by atoms with Gasteiger partial charge in [-0.15, -0.1) is 0 Å². The van der Waals surface area contributed by atoms with Crippen molar-refractivity contribution in [1.82, 2.24) is 4.98 Å². The van der Waals surface area contributed by atoms with E-state index in [4.69, 9.17) is 10.00 Å². The highest BCUT2D eigenvalue weighted by Gasteiger charge is 2.24. The molecule has 2 heterocycles. The maximum absolute atomic E-state index is 9.13. The van der Waals surface area contributed by atoms with Crippen LogP contribution in [0.4, 0.5) is 11.4 Å². The van der Waals surface area contributed by atoms with Gasteiger partial charge in [-0.05, 0) is 24.6 Å². The number of ether oxygens (including phenoxy) is 1. The van der Waals surface area contributed by atoms with Crippen LogP contribution in [0, 0.1) is 11.3 Å². The lowest BCUT2D eigenvalue weighted by molar-refractivity contribution is 0.415. The molecule has 0 radical (unpaired) electrons. The highest BCUT2D eigenvalue weighted by atomic mass is 16.5. The average Bonchev–Trinajstić information content (AvgIpc) is 3.03. The molecule has 112 valence electrons. The number of nitriles is 1. The summed E-state index contributed by atoms with van der Waals surface area (Å²) < 4.78 is 5.43. The molecule has 1 aromatic carbocycles. The van der Waals surface area contributed by atoms with Gasteiger partial charge in [-0.2, -0.15) is 5.26 Å². The van der Waals surface area contributed by atoms with Crippen molar-refractivity contribution in [3.8, 4) is 11.8 Å². The Morgan fingerprint density at radius 1 is 1.36 bits per heavy atom. The molecule has 0 saturated carbocycles. The van der Waals surface area contributed by atoms with Crippen LogP contribution in [0.2, 0.25) is 0 Å². The predicted octanol–water partition coefficient (Wildman–Crippen LogP) is 2.65. The van der Waals surface area contributed by atoms with E-state index in [1.807, 2.05) is 24.3 Å². The summed E-state index contributed by atoms with van der Waals surface area (Å²) in [5.74, 6) is 0.893. The molecule has 5 heteroatoms. The Hall–Kier alpha value is -2.74. The van der Waals surface area contributed by atoms with E-state index in [1.165, 1.54) is 0 Å². The smallest absolute Gasteiger partial charge is 0.142 e. The first kappa shape index (κ1) is 14.2. The van der Waals surface area contributed by atoms with Crippen molar-refractivity contribution < 1.29 is 4.74 Å². The molecule has 1 aliphatic rings. The normalized spacial score (nSPS) is 17.1. The molecule has 1 N–H and O–H groups in total.